The molecule has 0 aromatic heterocycles. The van der Waals surface area contributed by atoms with Crippen molar-refractivity contribution in [2.24, 2.45) is 0 Å². The number of hydrogen-bond acceptors (Lipinski definition) is 3. The number of carbonyl (C=O) groups is 1. The van der Waals surface area contributed by atoms with E-state index in [1.165, 1.54) is 77.0 Å². The fourth-order valence-corrected chi connectivity index (χ4v) is 3.28. The van der Waals surface area contributed by atoms with Crippen molar-refractivity contribution in [3.63, 3.8) is 0 Å². The van der Waals surface area contributed by atoms with Crippen LogP contribution in [-0.2, 0) is 9.53 Å². The number of rotatable bonds is 20. The molecular weight excluding hydrogens is 328 g/mol. The van der Waals surface area contributed by atoms with Crippen molar-refractivity contribution >= 4 is 5.97 Å². The average molecular weight is 373 g/mol. The lowest BCUT2D eigenvalue weighted by Gasteiger charge is -2.17. The molecule has 2 N–H and O–H groups in total. The van der Waals surface area contributed by atoms with Crippen LogP contribution in [0.1, 0.15) is 123 Å². The van der Waals surface area contributed by atoms with E-state index in [1.54, 1.807) is 0 Å². The Morgan fingerprint density at radius 2 is 1.12 bits per heavy atom. The summed E-state index contributed by atoms with van der Waals surface area (Å²) in [5, 5.41) is 18.8. The van der Waals surface area contributed by atoms with E-state index >= 15 is 0 Å². The van der Waals surface area contributed by atoms with Crippen molar-refractivity contribution in [1.29, 1.82) is 0 Å². The molecule has 0 amide bonds. The van der Waals surface area contributed by atoms with Crippen LogP contribution in [0.15, 0.2) is 0 Å². The lowest BCUT2D eigenvalue weighted by Crippen LogP contribution is -2.29. The highest BCUT2D eigenvalue weighted by Crippen LogP contribution is 2.15. The van der Waals surface area contributed by atoms with Gasteiger partial charge >= 0.3 is 5.97 Å². The van der Waals surface area contributed by atoms with Crippen molar-refractivity contribution in [1.82, 2.24) is 0 Å². The highest BCUT2D eigenvalue weighted by Gasteiger charge is 2.20. The molecule has 0 aromatic carbocycles. The zero-order valence-electron chi connectivity index (χ0n) is 17.4. The van der Waals surface area contributed by atoms with Gasteiger partial charge in [-0.1, -0.05) is 110 Å². The third-order valence-electron chi connectivity index (χ3n) is 4.95. The molecule has 4 heteroatoms. The van der Waals surface area contributed by atoms with Crippen LogP contribution in [0.2, 0.25) is 0 Å². The van der Waals surface area contributed by atoms with Crippen molar-refractivity contribution in [2.45, 2.75) is 135 Å². The fourth-order valence-electron chi connectivity index (χ4n) is 3.28. The van der Waals surface area contributed by atoms with Gasteiger partial charge in [-0.3, -0.25) is 0 Å². The Bertz CT molecular complexity index is 307. The third kappa shape index (κ3) is 16.8. The molecule has 2 atom stereocenters. The van der Waals surface area contributed by atoms with E-state index in [0.717, 1.165) is 19.3 Å². The van der Waals surface area contributed by atoms with Gasteiger partial charge in [-0.05, 0) is 12.8 Å². The number of carboxylic acids is 1. The molecule has 0 aliphatic heterocycles. The molecule has 2 unspecified atom stereocenters. The summed E-state index contributed by atoms with van der Waals surface area (Å²) in [5.74, 6) is -0.963. The molecule has 0 radical (unpaired) electrons. The maximum atomic E-state index is 11.2. The molecule has 0 saturated carbocycles. The second kappa shape index (κ2) is 19.2. The molecule has 4 nitrogen and oxygen atoms in total. The van der Waals surface area contributed by atoms with E-state index in [1.807, 2.05) is 6.92 Å². The molecule has 0 aromatic rings. The van der Waals surface area contributed by atoms with E-state index in [-0.39, 0.29) is 0 Å². The molecule has 26 heavy (non-hydrogen) atoms. The van der Waals surface area contributed by atoms with Gasteiger partial charge in [0.1, 0.15) is 0 Å². The molecule has 0 rings (SSSR count). The lowest BCUT2D eigenvalue weighted by atomic mass is 10.0. The molecule has 156 valence electrons. The number of ether oxygens (including phenoxy) is 1. The number of aliphatic carboxylic acids is 1. The summed E-state index contributed by atoms with van der Waals surface area (Å²) < 4.78 is 5.22. The smallest absolute Gasteiger partial charge is 0.332 e. The topological polar surface area (TPSA) is 66.8 Å². The Morgan fingerprint density at radius 3 is 1.50 bits per heavy atom. The fraction of sp³-hybridized carbons (Fsp3) is 0.955. The maximum absolute atomic E-state index is 11.2. The minimum Gasteiger partial charge on any atom is -0.479 e. The standard InChI is InChI=1S/C22H44O4/c1-3-5-6-7-8-9-10-11-12-13-14-15-16-17-19-20(22(24)25)26-21(23)18-4-2/h20-21,23H,3-19H2,1-2H3,(H,24,25). The van der Waals surface area contributed by atoms with Gasteiger partial charge in [0.25, 0.3) is 0 Å². The van der Waals surface area contributed by atoms with Crippen LogP contribution in [0.3, 0.4) is 0 Å². The summed E-state index contributed by atoms with van der Waals surface area (Å²) in [7, 11) is 0. The van der Waals surface area contributed by atoms with E-state index in [2.05, 4.69) is 6.92 Å². The normalized spacial score (nSPS) is 13.7. The first-order chi connectivity index (χ1) is 12.6. The minimum atomic E-state index is -0.963. The van der Waals surface area contributed by atoms with Gasteiger partial charge in [0.2, 0.25) is 0 Å². The summed E-state index contributed by atoms with van der Waals surface area (Å²) in [4.78, 5) is 11.2. The largest absolute Gasteiger partial charge is 0.479 e. The summed E-state index contributed by atoms with van der Waals surface area (Å²) in [5.41, 5.74) is 0. The minimum absolute atomic E-state index is 0.489. The van der Waals surface area contributed by atoms with Crippen LogP contribution in [0.25, 0.3) is 0 Å². The maximum Gasteiger partial charge on any atom is 0.332 e. The predicted octanol–water partition coefficient (Wildman–Crippen LogP) is 6.45. The number of carboxylic acid groups (broad SMARTS) is 1. The monoisotopic (exact) mass is 372 g/mol. The second-order valence-electron chi connectivity index (χ2n) is 7.59. The van der Waals surface area contributed by atoms with Crippen LogP contribution in [0.5, 0.6) is 0 Å². The van der Waals surface area contributed by atoms with Crippen molar-refractivity contribution < 1.29 is 19.7 Å². The molecule has 0 heterocycles. The van der Waals surface area contributed by atoms with Gasteiger partial charge in [0.05, 0.1) is 0 Å². The van der Waals surface area contributed by atoms with E-state index in [9.17, 15) is 9.90 Å². The average Bonchev–Trinajstić information content (AvgIpc) is 2.61. The van der Waals surface area contributed by atoms with Crippen LogP contribution >= 0.6 is 0 Å². The quantitative estimate of drug-likeness (QED) is 0.190. The number of aliphatic hydroxyl groups is 1. The van der Waals surface area contributed by atoms with Crippen LogP contribution in [-0.4, -0.2) is 28.6 Å². The van der Waals surface area contributed by atoms with Crippen LogP contribution < -0.4 is 0 Å². The summed E-state index contributed by atoms with van der Waals surface area (Å²) in [6.07, 6.45) is 17.9. The molecule has 0 fully saturated rings. The Balaban J connectivity index is 3.41. The Labute approximate surface area is 161 Å². The highest BCUT2D eigenvalue weighted by molar-refractivity contribution is 5.72. The molecular formula is C22H44O4. The first-order valence-corrected chi connectivity index (χ1v) is 11.2. The molecule has 0 saturated heterocycles. The molecule has 0 aliphatic carbocycles. The zero-order chi connectivity index (χ0) is 19.5. The first-order valence-electron chi connectivity index (χ1n) is 11.2. The van der Waals surface area contributed by atoms with E-state index in [0.29, 0.717) is 12.8 Å². The molecule has 0 aliphatic rings. The van der Waals surface area contributed by atoms with Gasteiger partial charge in [0, 0.05) is 0 Å². The zero-order valence-corrected chi connectivity index (χ0v) is 17.4. The van der Waals surface area contributed by atoms with Crippen LogP contribution in [0.4, 0.5) is 0 Å². The van der Waals surface area contributed by atoms with Gasteiger partial charge in [-0.2, -0.15) is 0 Å². The Kier molecular flexibility index (Phi) is 18.7. The van der Waals surface area contributed by atoms with Crippen molar-refractivity contribution in [3.8, 4) is 0 Å². The molecule has 0 bridgehead atoms. The first kappa shape index (κ1) is 25.4. The summed E-state index contributed by atoms with van der Waals surface area (Å²) in [6, 6.07) is 0. The van der Waals surface area contributed by atoms with Gasteiger partial charge < -0.3 is 14.9 Å². The second-order valence-corrected chi connectivity index (χ2v) is 7.59. The number of hydrogen-bond donors (Lipinski definition) is 2. The van der Waals surface area contributed by atoms with Gasteiger partial charge in [-0.25, -0.2) is 4.79 Å². The van der Waals surface area contributed by atoms with Crippen LogP contribution in [0, 0.1) is 0 Å². The van der Waals surface area contributed by atoms with E-state index in [4.69, 9.17) is 9.84 Å². The van der Waals surface area contributed by atoms with Crippen molar-refractivity contribution in [3.05, 3.63) is 0 Å². The molecule has 0 spiro atoms. The number of aliphatic hydroxyl groups excluding tert-OH is 1. The lowest BCUT2D eigenvalue weighted by molar-refractivity contribution is -0.177. The summed E-state index contributed by atoms with van der Waals surface area (Å²) >= 11 is 0. The Morgan fingerprint density at radius 1 is 0.692 bits per heavy atom. The van der Waals surface area contributed by atoms with E-state index < -0.39 is 18.4 Å². The highest BCUT2D eigenvalue weighted by atomic mass is 16.6. The number of unbranched alkanes of at least 4 members (excludes halogenated alkanes) is 13. The predicted molar refractivity (Wildman–Crippen MR) is 108 cm³/mol. The van der Waals surface area contributed by atoms with Gasteiger partial charge in [-0.15, -0.1) is 0 Å². The Hall–Kier alpha value is -0.610. The van der Waals surface area contributed by atoms with Crippen molar-refractivity contribution in [2.75, 3.05) is 0 Å². The SMILES string of the molecule is CCCCCCCCCCCCCCCCC(OC(O)CCC)C(=O)O. The summed E-state index contributed by atoms with van der Waals surface area (Å²) in [6.45, 7) is 4.20. The third-order valence-corrected chi connectivity index (χ3v) is 4.95. The van der Waals surface area contributed by atoms with Gasteiger partial charge in [0.15, 0.2) is 12.4 Å².